The van der Waals surface area contributed by atoms with Gasteiger partial charge in [0.2, 0.25) is 0 Å². The highest BCUT2D eigenvalue weighted by atomic mass is 16.6. The average molecular weight is 368 g/mol. The summed E-state index contributed by atoms with van der Waals surface area (Å²) in [6, 6.07) is 15.0. The van der Waals surface area contributed by atoms with E-state index in [2.05, 4.69) is 0 Å². The molecule has 0 heterocycles. The first kappa shape index (κ1) is 19.8. The molecule has 0 fully saturated rings. The first-order chi connectivity index (χ1) is 12.9. The van der Waals surface area contributed by atoms with Crippen LogP contribution in [0.1, 0.15) is 19.4 Å². The second kappa shape index (κ2) is 9.28. The molecule has 0 bridgehead atoms. The molecule has 2 aromatic carbocycles. The summed E-state index contributed by atoms with van der Waals surface area (Å²) < 4.78 is 4.99. The summed E-state index contributed by atoms with van der Waals surface area (Å²) in [6.45, 7) is 3.30. The first-order valence-corrected chi connectivity index (χ1v) is 8.35. The molecule has 27 heavy (non-hydrogen) atoms. The molecule has 0 spiro atoms. The minimum atomic E-state index is -0.752. The van der Waals surface area contributed by atoms with Gasteiger partial charge in [0, 0.05) is 23.9 Å². The van der Waals surface area contributed by atoms with Crippen LogP contribution in [0, 0.1) is 10.1 Å². The van der Waals surface area contributed by atoms with Gasteiger partial charge in [0.15, 0.2) is 6.61 Å². The van der Waals surface area contributed by atoms with E-state index in [1.54, 1.807) is 23.1 Å². The summed E-state index contributed by atoms with van der Waals surface area (Å²) in [5, 5.41) is 11.0. The molecule has 0 radical (unpaired) electrons. The number of nitro benzene ring substituents is 1. The highest BCUT2D eigenvalue weighted by molar-refractivity contribution is 5.97. The van der Waals surface area contributed by atoms with Crippen LogP contribution in [0.5, 0.6) is 0 Å². The number of hydrogen-bond donors (Lipinski definition) is 0. The fourth-order valence-corrected chi connectivity index (χ4v) is 2.52. The van der Waals surface area contributed by atoms with Crippen molar-refractivity contribution in [3.8, 4) is 0 Å². The number of carbonyl (C=O) groups excluding carboxylic acids is 2. The van der Waals surface area contributed by atoms with E-state index in [0.29, 0.717) is 5.69 Å². The van der Waals surface area contributed by atoms with Gasteiger partial charge in [0.25, 0.3) is 11.6 Å². The van der Waals surface area contributed by atoms with Gasteiger partial charge in [0.1, 0.15) is 0 Å². The fraction of sp³-hybridized carbons (Fsp3) is 0.200. The normalized spacial score (nSPS) is 10.8. The van der Waals surface area contributed by atoms with Gasteiger partial charge in [-0.05, 0) is 38.1 Å². The Labute approximate surface area is 157 Å². The van der Waals surface area contributed by atoms with E-state index < -0.39 is 17.5 Å². The fourth-order valence-electron chi connectivity index (χ4n) is 2.52. The smallest absolute Gasteiger partial charge is 0.331 e. The second-order valence-corrected chi connectivity index (χ2v) is 5.95. The summed E-state index contributed by atoms with van der Waals surface area (Å²) in [5.74, 6) is -1.11. The lowest BCUT2D eigenvalue weighted by Crippen LogP contribution is -2.39. The van der Waals surface area contributed by atoms with Crippen LogP contribution >= 0.6 is 0 Å². The monoisotopic (exact) mass is 368 g/mol. The summed E-state index contributed by atoms with van der Waals surface area (Å²) in [7, 11) is 0. The zero-order valence-electron chi connectivity index (χ0n) is 15.1. The highest BCUT2D eigenvalue weighted by Gasteiger charge is 2.20. The topological polar surface area (TPSA) is 89.8 Å². The highest BCUT2D eigenvalue weighted by Crippen LogP contribution is 2.19. The molecule has 2 aromatic rings. The summed E-state index contributed by atoms with van der Waals surface area (Å²) in [4.78, 5) is 36.3. The van der Waals surface area contributed by atoms with Crippen LogP contribution in [0.4, 0.5) is 11.4 Å². The van der Waals surface area contributed by atoms with Gasteiger partial charge in [-0.1, -0.05) is 30.3 Å². The van der Waals surface area contributed by atoms with Crippen LogP contribution in [0.2, 0.25) is 0 Å². The molecular formula is C20H20N2O5. The Morgan fingerprint density at radius 1 is 1.11 bits per heavy atom. The average Bonchev–Trinajstić information content (AvgIpc) is 2.65. The number of nitro groups is 1. The molecule has 0 aliphatic rings. The number of esters is 1. The number of anilines is 1. The largest absolute Gasteiger partial charge is 0.452 e. The number of rotatable bonds is 7. The molecule has 7 heteroatoms. The van der Waals surface area contributed by atoms with Crippen molar-refractivity contribution in [1.82, 2.24) is 0 Å². The van der Waals surface area contributed by atoms with Crippen LogP contribution < -0.4 is 4.90 Å². The van der Waals surface area contributed by atoms with Crippen molar-refractivity contribution in [3.63, 3.8) is 0 Å². The van der Waals surface area contributed by atoms with Crippen molar-refractivity contribution in [2.45, 2.75) is 19.9 Å². The predicted molar refractivity (Wildman–Crippen MR) is 102 cm³/mol. The third-order valence-electron chi connectivity index (χ3n) is 3.69. The maximum Gasteiger partial charge on any atom is 0.331 e. The van der Waals surface area contributed by atoms with E-state index >= 15 is 0 Å². The molecule has 2 rings (SSSR count). The molecule has 1 amide bonds. The number of ether oxygens (including phenoxy) is 1. The van der Waals surface area contributed by atoms with Gasteiger partial charge in [-0.3, -0.25) is 14.9 Å². The number of benzene rings is 2. The van der Waals surface area contributed by atoms with Crippen molar-refractivity contribution in [3.05, 3.63) is 76.4 Å². The lowest BCUT2D eigenvalue weighted by Gasteiger charge is -2.26. The van der Waals surface area contributed by atoms with E-state index in [0.717, 1.165) is 6.08 Å². The Bertz CT molecular complexity index is 846. The van der Waals surface area contributed by atoms with Gasteiger partial charge in [-0.2, -0.15) is 0 Å². The quantitative estimate of drug-likeness (QED) is 0.322. The lowest BCUT2D eigenvalue weighted by atomic mass is 10.1. The number of hydrogen-bond acceptors (Lipinski definition) is 5. The Kier molecular flexibility index (Phi) is 6.82. The van der Waals surface area contributed by atoms with Crippen molar-refractivity contribution >= 4 is 29.3 Å². The third kappa shape index (κ3) is 5.50. The standard InChI is InChI=1S/C20H20N2O5/c1-15(2)21(17-9-4-3-5-10-17)19(23)14-27-20(24)13-12-16-8-6-7-11-18(16)22(25)26/h3-13,15H,14H2,1-2H3/b13-12+. The third-order valence-corrected chi connectivity index (χ3v) is 3.69. The minimum absolute atomic E-state index is 0.110. The molecule has 0 aliphatic heterocycles. The number of amides is 1. The van der Waals surface area contributed by atoms with E-state index in [4.69, 9.17) is 4.74 Å². The predicted octanol–water partition coefficient (Wildman–Crippen LogP) is 3.59. The van der Waals surface area contributed by atoms with Gasteiger partial charge in [-0.15, -0.1) is 0 Å². The molecule has 0 atom stereocenters. The Morgan fingerprint density at radius 2 is 1.74 bits per heavy atom. The lowest BCUT2D eigenvalue weighted by molar-refractivity contribution is -0.385. The summed E-state index contributed by atoms with van der Waals surface area (Å²) >= 11 is 0. The maximum atomic E-state index is 12.4. The molecule has 0 saturated heterocycles. The van der Waals surface area contributed by atoms with Crippen LogP contribution in [0.15, 0.2) is 60.7 Å². The van der Waals surface area contributed by atoms with Crippen LogP contribution in [0.3, 0.4) is 0 Å². The van der Waals surface area contributed by atoms with E-state index in [1.165, 1.54) is 24.3 Å². The molecule has 0 N–H and O–H groups in total. The van der Waals surface area contributed by atoms with Gasteiger partial charge >= 0.3 is 5.97 Å². The molecule has 0 unspecified atom stereocenters. The maximum absolute atomic E-state index is 12.4. The van der Waals surface area contributed by atoms with Gasteiger partial charge in [-0.25, -0.2) is 4.79 Å². The minimum Gasteiger partial charge on any atom is -0.452 e. The molecule has 0 aromatic heterocycles. The first-order valence-electron chi connectivity index (χ1n) is 8.35. The Morgan fingerprint density at radius 3 is 2.37 bits per heavy atom. The Hall–Kier alpha value is -3.48. The van der Waals surface area contributed by atoms with Crippen LogP contribution in [0.25, 0.3) is 6.08 Å². The zero-order chi connectivity index (χ0) is 19.8. The molecule has 0 saturated carbocycles. The molecule has 140 valence electrons. The number of nitrogens with zero attached hydrogens (tertiary/aromatic N) is 2. The zero-order valence-corrected chi connectivity index (χ0v) is 15.1. The van der Waals surface area contributed by atoms with Crippen molar-refractivity contribution in [2.24, 2.45) is 0 Å². The molecule has 7 nitrogen and oxygen atoms in total. The van der Waals surface area contributed by atoms with Crippen molar-refractivity contribution in [1.29, 1.82) is 0 Å². The van der Waals surface area contributed by atoms with Crippen LogP contribution in [-0.2, 0) is 14.3 Å². The van der Waals surface area contributed by atoms with Crippen molar-refractivity contribution < 1.29 is 19.2 Å². The summed E-state index contributed by atoms with van der Waals surface area (Å²) in [5.41, 5.74) is 0.871. The number of para-hydroxylation sites is 2. The van der Waals surface area contributed by atoms with Crippen LogP contribution in [-0.4, -0.2) is 29.4 Å². The summed E-state index contributed by atoms with van der Waals surface area (Å²) in [6.07, 6.45) is 2.36. The second-order valence-electron chi connectivity index (χ2n) is 5.95. The van der Waals surface area contributed by atoms with Crippen molar-refractivity contribution in [2.75, 3.05) is 11.5 Å². The van der Waals surface area contributed by atoms with Gasteiger partial charge < -0.3 is 9.64 Å². The van der Waals surface area contributed by atoms with E-state index in [-0.39, 0.29) is 23.2 Å². The number of carbonyl (C=O) groups is 2. The SMILES string of the molecule is CC(C)N(C(=O)COC(=O)/C=C/c1ccccc1[N+](=O)[O-])c1ccccc1. The molecular weight excluding hydrogens is 348 g/mol. The van der Waals surface area contributed by atoms with E-state index in [1.807, 2.05) is 32.0 Å². The Balaban J connectivity index is 2.00. The molecule has 0 aliphatic carbocycles. The van der Waals surface area contributed by atoms with E-state index in [9.17, 15) is 19.7 Å². The van der Waals surface area contributed by atoms with Gasteiger partial charge in [0.05, 0.1) is 10.5 Å².